The fourth-order valence-corrected chi connectivity index (χ4v) is 5.58. The molecule has 0 amide bonds. The van der Waals surface area contributed by atoms with E-state index in [-0.39, 0.29) is 12.1 Å². The van der Waals surface area contributed by atoms with Gasteiger partial charge in [-0.2, -0.15) is 13.1 Å². The summed E-state index contributed by atoms with van der Waals surface area (Å²) in [5.74, 6) is 0.668. The highest BCUT2D eigenvalue weighted by Crippen LogP contribution is 2.40. The largest absolute Gasteiger partial charge is 0.489 e. The van der Waals surface area contributed by atoms with Gasteiger partial charge in [-0.1, -0.05) is 18.2 Å². The number of nitrogen functional groups attached to an aromatic ring is 1. The molecule has 0 unspecified atom stereocenters. The minimum Gasteiger partial charge on any atom is -0.489 e. The van der Waals surface area contributed by atoms with Gasteiger partial charge in [0.15, 0.2) is 0 Å². The maximum absolute atomic E-state index is 11.6. The standard InChI is InChI=1S/C22H26N4O3S2/c1-13(2)29-20-10-9-14(11-18(20)23)22-25-12-21(30-22)17-7-3-6-16-15(17)5-4-8-19(16)26-31(24,27)28/h3,6-7,9-13,19,26H,4-5,8,23H2,1-2H3,(H2,24,27,28)/t19-/m1/s1. The summed E-state index contributed by atoms with van der Waals surface area (Å²) in [5.41, 5.74) is 10.9. The van der Waals surface area contributed by atoms with Gasteiger partial charge in [-0.25, -0.2) is 10.1 Å². The number of nitrogens with one attached hydrogen (secondary N) is 1. The van der Waals surface area contributed by atoms with Gasteiger partial charge in [0, 0.05) is 17.8 Å². The van der Waals surface area contributed by atoms with Gasteiger partial charge < -0.3 is 10.5 Å². The van der Waals surface area contributed by atoms with Gasteiger partial charge in [0.05, 0.1) is 16.7 Å². The summed E-state index contributed by atoms with van der Waals surface area (Å²) in [6.45, 7) is 3.92. The van der Waals surface area contributed by atoms with Crippen molar-refractivity contribution in [2.75, 3.05) is 5.73 Å². The van der Waals surface area contributed by atoms with Crippen LogP contribution in [0.15, 0.2) is 42.6 Å². The fraction of sp³-hybridized carbons (Fsp3) is 0.318. The van der Waals surface area contributed by atoms with Crippen LogP contribution in [0.3, 0.4) is 0 Å². The van der Waals surface area contributed by atoms with Crippen LogP contribution >= 0.6 is 11.3 Å². The van der Waals surface area contributed by atoms with E-state index in [2.05, 4.69) is 15.8 Å². The minimum absolute atomic E-state index is 0.0523. The molecule has 9 heteroatoms. The molecule has 0 saturated heterocycles. The average Bonchev–Trinajstić information content (AvgIpc) is 3.18. The zero-order valence-corrected chi connectivity index (χ0v) is 19.1. The van der Waals surface area contributed by atoms with Gasteiger partial charge in [0.2, 0.25) is 0 Å². The highest BCUT2D eigenvalue weighted by atomic mass is 32.2. The molecule has 3 aromatic rings. The number of nitrogens with zero attached hydrogens (tertiary/aromatic N) is 1. The maximum atomic E-state index is 11.6. The molecule has 1 aliphatic carbocycles. The van der Waals surface area contributed by atoms with Gasteiger partial charge in [0.25, 0.3) is 10.2 Å². The van der Waals surface area contributed by atoms with Crippen molar-refractivity contribution in [1.82, 2.24) is 9.71 Å². The number of benzene rings is 2. The lowest BCUT2D eigenvalue weighted by Gasteiger charge is -2.27. The smallest absolute Gasteiger partial charge is 0.274 e. The molecule has 164 valence electrons. The van der Waals surface area contributed by atoms with Crippen molar-refractivity contribution < 1.29 is 13.2 Å². The minimum atomic E-state index is -3.77. The van der Waals surface area contributed by atoms with Crippen LogP contribution in [0.25, 0.3) is 21.0 Å². The Kier molecular flexibility index (Phi) is 6.02. The molecule has 0 saturated carbocycles. The van der Waals surface area contributed by atoms with E-state index in [9.17, 15) is 8.42 Å². The number of fused-ring (bicyclic) bond motifs is 1. The average molecular weight is 459 g/mol. The van der Waals surface area contributed by atoms with Crippen molar-refractivity contribution in [1.29, 1.82) is 0 Å². The highest BCUT2D eigenvalue weighted by Gasteiger charge is 2.25. The number of aromatic nitrogens is 1. The Balaban J connectivity index is 1.66. The van der Waals surface area contributed by atoms with Crippen LogP contribution in [0.1, 0.15) is 43.9 Å². The van der Waals surface area contributed by atoms with Crippen LogP contribution in [0.5, 0.6) is 5.75 Å². The van der Waals surface area contributed by atoms with E-state index >= 15 is 0 Å². The zero-order valence-electron chi connectivity index (χ0n) is 17.5. The Hall–Kier alpha value is -2.46. The van der Waals surface area contributed by atoms with Crippen LogP contribution < -0.4 is 20.3 Å². The number of hydrogen-bond donors (Lipinski definition) is 3. The second-order valence-corrected chi connectivity index (χ2v) is 10.3. The van der Waals surface area contributed by atoms with E-state index in [1.807, 2.05) is 50.4 Å². The van der Waals surface area contributed by atoms with E-state index in [1.54, 1.807) is 11.3 Å². The van der Waals surface area contributed by atoms with Crippen LogP contribution in [0.2, 0.25) is 0 Å². The van der Waals surface area contributed by atoms with Gasteiger partial charge in [-0.3, -0.25) is 0 Å². The molecule has 0 bridgehead atoms. The number of ether oxygens (including phenoxy) is 1. The SMILES string of the molecule is CC(C)Oc1ccc(-c2ncc(-c3cccc4c3CCC[C@H]4NS(N)(=O)=O)s2)cc1N. The monoisotopic (exact) mass is 458 g/mol. The number of nitrogens with two attached hydrogens (primary N) is 2. The summed E-state index contributed by atoms with van der Waals surface area (Å²) < 4.78 is 31.4. The summed E-state index contributed by atoms with van der Waals surface area (Å²) >= 11 is 1.58. The molecule has 31 heavy (non-hydrogen) atoms. The molecular formula is C22H26N4O3S2. The van der Waals surface area contributed by atoms with Crippen molar-refractivity contribution in [3.63, 3.8) is 0 Å². The van der Waals surface area contributed by atoms with Crippen LogP contribution in [0, 0.1) is 0 Å². The molecule has 0 spiro atoms. The Bertz CT molecular complexity index is 1210. The fourth-order valence-electron chi connectivity index (χ4n) is 3.98. The number of hydrogen-bond acceptors (Lipinski definition) is 6. The van der Waals surface area contributed by atoms with E-state index < -0.39 is 10.2 Å². The van der Waals surface area contributed by atoms with Crippen molar-refractivity contribution in [2.24, 2.45) is 5.14 Å². The lowest BCUT2D eigenvalue weighted by atomic mass is 9.85. The van der Waals surface area contributed by atoms with Crippen LogP contribution in [-0.2, 0) is 16.6 Å². The lowest BCUT2D eigenvalue weighted by molar-refractivity contribution is 0.244. The summed E-state index contributed by atoms with van der Waals surface area (Å²) in [4.78, 5) is 5.64. The highest BCUT2D eigenvalue weighted by molar-refractivity contribution is 7.87. The first-order valence-corrected chi connectivity index (χ1v) is 12.5. The predicted molar refractivity (Wildman–Crippen MR) is 125 cm³/mol. The normalized spacial score (nSPS) is 16.3. The lowest BCUT2D eigenvalue weighted by Crippen LogP contribution is -2.35. The maximum Gasteiger partial charge on any atom is 0.274 e. The Morgan fingerprint density at radius 3 is 2.77 bits per heavy atom. The summed E-state index contributed by atoms with van der Waals surface area (Å²) in [6, 6.07) is 11.4. The Morgan fingerprint density at radius 1 is 1.26 bits per heavy atom. The Labute approximate surface area is 186 Å². The summed E-state index contributed by atoms with van der Waals surface area (Å²) in [6.07, 6.45) is 4.41. The third kappa shape index (κ3) is 4.90. The first-order chi connectivity index (χ1) is 14.7. The van der Waals surface area contributed by atoms with E-state index in [0.717, 1.165) is 51.4 Å². The molecule has 0 radical (unpaired) electrons. The molecule has 7 nitrogen and oxygen atoms in total. The molecule has 1 aromatic heterocycles. The van der Waals surface area contributed by atoms with Gasteiger partial charge in [-0.15, -0.1) is 11.3 Å². The first kappa shape index (κ1) is 21.8. The first-order valence-electron chi connectivity index (χ1n) is 10.2. The summed E-state index contributed by atoms with van der Waals surface area (Å²) in [5, 5.41) is 6.09. The van der Waals surface area contributed by atoms with Crippen molar-refractivity contribution in [3.8, 4) is 26.8 Å². The third-order valence-electron chi connectivity index (χ3n) is 5.20. The molecule has 1 aliphatic rings. The summed E-state index contributed by atoms with van der Waals surface area (Å²) in [7, 11) is -3.77. The molecule has 5 N–H and O–H groups in total. The molecule has 1 heterocycles. The van der Waals surface area contributed by atoms with Gasteiger partial charge in [0.1, 0.15) is 10.8 Å². The molecule has 4 rings (SSSR count). The second kappa shape index (κ2) is 8.58. The van der Waals surface area contributed by atoms with Crippen molar-refractivity contribution >= 4 is 27.2 Å². The van der Waals surface area contributed by atoms with Crippen molar-refractivity contribution in [2.45, 2.75) is 45.3 Å². The number of anilines is 1. The van der Waals surface area contributed by atoms with Crippen molar-refractivity contribution in [3.05, 3.63) is 53.7 Å². The predicted octanol–water partition coefficient (Wildman–Crippen LogP) is 4.02. The van der Waals surface area contributed by atoms with Crippen LogP contribution in [-0.4, -0.2) is 19.5 Å². The van der Waals surface area contributed by atoms with Crippen LogP contribution in [0.4, 0.5) is 5.69 Å². The van der Waals surface area contributed by atoms with E-state index in [1.165, 1.54) is 0 Å². The number of thiazole rings is 1. The van der Waals surface area contributed by atoms with Gasteiger partial charge in [-0.05, 0) is 68.0 Å². The molecule has 1 atom stereocenters. The van der Waals surface area contributed by atoms with E-state index in [4.69, 9.17) is 15.6 Å². The topological polar surface area (TPSA) is 120 Å². The quantitative estimate of drug-likeness (QED) is 0.482. The molecule has 0 aliphatic heterocycles. The molecule has 2 aromatic carbocycles. The van der Waals surface area contributed by atoms with E-state index in [0.29, 0.717) is 11.4 Å². The second-order valence-electron chi connectivity index (χ2n) is 7.93. The number of rotatable bonds is 6. The molecule has 0 fully saturated rings. The van der Waals surface area contributed by atoms with Gasteiger partial charge >= 0.3 is 0 Å². The Morgan fingerprint density at radius 2 is 2.06 bits per heavy atom. The molecular weight excluding hydrogens is 432 g/mol. The zero-order chi connectivity index (χ0) is 22.2. The third-order valence-corrected chi connectivity index (χ3v) is 6.90.